The van der Waals surface area contributed by atoms with E-state index in [1.807, 2.05) is 25.1 Å². The van der Waals surface area contributed by atoms with Crippen LogP contribution in [0.3, 0.4) is 0 Å². The van der Waals surface area contributed by atoms with Crippen LogP contribution in [0.25, 0.3) is 0 Å². The lowest BCUT2D eigenvalue weighted by Gasteiger charge is -1.97. The maximum atomic E-state index is 8.67. The molecule has 0 amide bonds. The van der Waals surface area contributed by atoms with Crippen LogP contribution < -0.4 is 0 Å². The van der Waals surface area contributed by atoms with E-state index in [1.54, 1.807) is 12.1 Å². The van der Waals surface area contributed by atoms with Gasteiger partial charge in [0.05, 0.1) is 11.1 Å². The Morgan fingerprint density at radius 3 is 1.58 bits per heavy atom. The quantitative estimate of drug-likeness (QED) is 0.684. The molecule has 0 atom stereocenters. The maximum Gasteiger partial charge on any atom is 0.101 e. The number of benzene rings is 2. The number of nitrogens with zero attached hydrogens (tertiary/aromatic N) is 2. The van der Waals surface area contributed by atoms with E-state index < -0.39 is 0 Å². The number of rotatable bonds is 2. The second-order valence-corrected chi connectivity index (χ2v) is 5.50. The molecule has 0 aliphatic heterocycles. The zero-order valence-corrected chi connectivity index (χ0v) is 15.6. The van der Waals surface area contributed by atoms with Gasteiger partial charge < -0.3 is 0 Å². The van der Waals surface area contributed by atoms with E-state index in [-0.39, 0.29) is 0 Å². The first kappa shape index (κ1) is 21.4. The van der Waals surface area contributed by atoms with Crippen molar-refractivity contribution in [2.75, 3.05) is 0 Å². The van der Waals surface area contributed by atoms with Crippen molar-refractivity contribution < 1.29 is 0 Å². The number of aryl methyl sites for hydroxylation is 3. The summed E-state index contributed by atoms with van der Waals surface area (Å²) in [5, 5.41) is 17.3. The van der Waals surface area contributed by atoms with Crippen LogP contribution in [0.4, 0.5) is 0 Å². The highest BCUT2D eigenvalue weighted by atomic mass is 14.3. The van der Waals surface area contributed by atoms with Crippen molar-refractivity contribution in [1.29, 1.82) is 10.5 Å². The van der Waals surface area contributed by atoms with Gasteiger partial charge in [0.15, 0.2) is 0 Å². The summed E-state index contributed by atoms with van der Waals surface area (Å²) in [5.74, 6) is 0. The lowest BCUT2D eigenvalue weighted by molar-refractivity contribution is 1.09. The molecule has 0 fully saturated rings. The maximum absolute atomic E-state index is 8.67. The summed E-state index contributed by atoms with van der Waals surface area (Å²) in [6.45, 7) is 10.5. The molecule has 0 spiro atoms. The summed E-state index contributed by atoms with van der Waals surface area (Å²) >= 11 is 0. The van der Waals surface area contributed by atoms with Crippen LogP contribution in [0.15, 0.2) is 42.5 Å². The Kier molecular flexibility index (Phi) is 11.5. The second kappa shape index (κ2) is 12.9. The van der Waals surface area contributed by atoms with Crippen molar-refractivity contribution in [1.82, 2.24) is 0 Å². The van der Waals surface area contributed by atoms with Crippen LogP contribution >= 0.6 is 0 Å². The van der Waals surface area contributed by atoms with E-state index in [0.29, 0.717) is 11.1 Å². The first-order chi connectivity index (χ1) is 11.6. The van der Waals surface area contributed by atoms with Gasteiger partial charge >= 0.3 is 0 Å². The van der Waals surface area contributed by atoms with Gasteiger partial charge in [-0.05, 0) is 43.0 Å². The van der Waals surface area contributed by atoms with E-state index in [2.05, 4.69) is 52.0 Å². The molecule has 0 aliphatic carbocycles. The molecule has 2 heteroatoms. The summed E-state index contributed by atoms with van der Waals surface area (Å²) in [4.78, 5) is 0. The number of hydrogen-bond acceptors (Lipinski definition) is 2. The minimum atomic E-state index is 0.453. The Balaban J connectivity index is 0.000000390. The first-order valence-corrected chi connectivity index (χ1v) is 8.54. The van der Waals surface area contributed by atoms with Gasteiger partial charge in [0.1, 0.15) is 12.1 Å². The van der Waals surface area contributed by atoms with Crippen molar-refractivity contribution in [3.63, 3.8) is 0 Å². The zero-order chi connectivity index (χ0) is 18.4. The molecule has 0 aromatic heterocycles. The lowest BCUT2D eigenvalue weighted by atomic mass is 10.0. The number of nitriles is 2. The van der Waals surface area contributed by atoms with Crippen molar-refractivity contribution in [2.24, 2.45) is 0 Å². The highest BCUT2D eigenvalue weighted by Crippen LogP contribution is 2.10. The minimum Gasteiger partial charge on any atom is -0.192 e. The van der Waals surface area contributed by atoms with Gasteiger partial charge in [-0.3, -0.25) is 0 Å². The third kappa shape index (κ3) is 8.16. The Morgan fingerprint density at radius 1 is 0.708 bits per heavy atom. The SMILES string of the molecule is CCC.CCc1ccc(C#N)c(C#N)c1.CCc1ccc(C)cc1. The molecule has 0 heterocycles. The average Bonchev–Trinajstić information content (AvgIpc) is 2.63. The largest absolute Gasteiger partial charge is 0.192 e. The van der Waals surface area contributed by atoms with Gasteiger partial charge in [-0.25, -0.2) is 0 Å². The van der Waals surface area contributed by atoms with Crippen LogP contribution in [0.2, 0.25) is 0 Å². The Hall–Kier alpha value is -2.58. The van der Waals surface area contributed by atoms with E-state index in [9.17, 15) is 0 Å². The Bertz CT molecular complexity index is 671. The van der Waals surface area contributed by atoms with Gasteiger partial charge in [0, 0.05) is 0 Å². The van der Waals surface area contributed by atoms with Gasteiger partial charge in [-0.1, -0.05) is 70.0 Å². The van der Waals surface area contributed by atoms with Gasteiger partial charge in [0.25, 0.3) is 0 Å². The fourth-order valence-corrected chi connectivity index (χ4v) is 1.83. The molecule has 0 N–H and O–H groups in total. The minimum absolute atomic E-state index is 0.453. The fraction of sp³-hybridized carbons (Fsp3) is 0.364. The van der Waals surface area contributed by atoms with Crippen LogP contribution in [0, 0.1) is 29.6 Å². The molecule has 2 aromatic rings. The predicted molar refractivity (Wildman–Crippen MR) is 102 cm³/mol. The highest BCUT2D eigenvalue weighted by Gasteiger charge is 2.00. The number of hydrogen-bond donors (Lipinski definition) is 0. The third-order valence-electron chi connectivity index (χ3n) is 3.26. The molecular weight excluding hydrogens is 292 g/mol. The van der Waals surface area contributed by atoms with Crippen LogP contribution in [0.5, 0.6) is 0 Å². The normalized spacial score (nSPS) is 8.62. The van der Waals surface area contributed by atoms with Gasteiger partial charge in [0.2, 0.25) is 0 Å². The zero-order valence-electron chi connectivity index (χ0n) is 15.6. The van der Waals surface area contributed by atoms with E-state index in [4.69, 9.17) is 10.5 Å². The molecule has 2 rings (SSSR count). The molecule has 0 aliphatic rings. The topological polar surface area (TPSA) is 47.6 Å². The van der Waals surface area contributed by atoms with Crippen LogP contribution in [0.1, 0.15) is 61.9 Å². The molecule has 24 heavy (non-hydrogen) atoms. The highest BCUT2D eigenvalue weighted by molar-refractivity contribution is 5.47. The van der Waals surface area contributed by atoms with Crippen molar-refractivity contribution in [3.05, 3.63) is 70.3 Å². The standard InChI is InChI=1S/C10H8N2.C9H12.C3H8/c1-2-8-3-4-9(6-11)10(5-8)7-12;1-3-9-6-4-8(2)5-7-9;1-3-2/h3-5H,2H2,1H3;4-7H,3H2,1-2H3;3H2,1-2H3. The molecule has 0 saturated heterocycles. The summed E-state index contributed by atoms with van der Waals surface area (Å²) < 4.78 is 0. The van der Waals surface area contributed by atoms with Crippen LogP contribution in [-0.2, 0) is 12.8 Å². The Morgan fingerprint density at radius 2 is 1.17 bits per heavy atom. The average molecular weight is 320 g/mol. The third-order valence-corrected chi connectivity index (χ3v) is 3.26. The van der Waals surface area contributed by atoms with E-state index in [1.165, 1.54) is 17.5 Å². The summed E-state index contributed by atoms with van der Waals surface area (Å²) in [7, 11) is 0. The summed E-state index contributed by atoms with van der Waals surface area (Å²) in [6, 6.07) is 18.0. The smallest absolute Gasteiger partial charge is 0.101 e. The van der Waals surface area contributed by atoms with Crippen molar-refractivity contribution in [3.8, 4) is 12.1 Å². The molecule has 2 aromatic carbocycles. The molecule has 2 nitrogen and oxygen atoms in total. The Labute approximate surface area is 147 Å². The molecule has 0 radical (unpaired) electrons. The predicted octanol–water partition coefficient (Wildman–Crippen LogP) is 5.97. The molecule has 126 valence electrons. The van der Waals surface area contributed by atoms with E-state index in [0.717, 1.165) is 18.4 Å². The molecule has 0 bridgehead atoms. The lowest BCUT2D eigenvalue weighted by Crippen LogP contribution is -1.86. The molecular formula is C22H28N2. The summed E-state index contributed by atoms with van der Waals surface area (Å²) in [6.07, 6.45) is 3.28. The van der Waals surface area contributed by atoms with Gasteiger partial charge in [-0.2, -0.15) is 10.5 Å². The fourth-order valence-electron chi connectivity index (χ4n) is 1.83. The van der Waals surface area contributed by atoms with Gasteiger partial charge in [-0.15, -0.1) is 0 Å². The van der Waals surface area contributed by atoms with Crippen LogP contribution in [-0.4, -0.2) is 0 Å². The van der Waals surface area contributed by atoms with E-state index >= 15 is 0 Å². The molecule has 0 saturated carbocycles. The molecule has 0 unspecified atom stereocenters. The second-order valence-electron chi connectivity index (χ2n) is 5.50. The van der Waals surface area contributed by atoms with Crippen molar-refractivity contribution >= 4 is 0 Å². The summed E-state index contributed by atoms with van der Waals surface area (Å²) in [5.41, 5.74) is 4.77. The van der Waals surface area contributed by atoms with Crippen molar-refractivity contribution in [2.45, 2.75) is 53.9 Å². The first-order valence-electron chi connectivity index (χ1n) is 8.54. The monoisotopic (exact) mass is 320 g/mol.